The Morgan fingerprint density at radius 2 is 1.67 bits per heavy atom. The van der Waals surface area contributed by atoms with E-state index < -0.39 is 0 Å². The van der Waals surface area contributed by atoms with Gasteiger partial charge in [0.2, 0.25) is 11.8 Å². The number of nitrogens with zero attached hydrogens (tertiary/aromatic N) is 2. The molecule has 0 bridgehead atoms. The van der Waals surface area contributed by atoms with Crippen LogP contribution in [0.2, 0.25) is 0 Å². The van der Waals surface area contributed by atoms with Crippen molar-refractivity contribution in [2.24, 2.45) is 5.92 Å². The molecule has 2 aliphatic rings. The minimum absolute atomic E-state index is 0.105. The van der Waals surface area contributed by atoms with Crippen molar-refractivity contribution in [1.29, 1.82) is 0 Å². The number of carbonyl (C=O) groups is 3. The van der Waals surface area contributed by atoms with Crippen LogP contribution in [0, 0.1) is 5.92 Å². The van der Waals surface area contributed by atoms with Gasteiger partial charge in [0.25, 0.3) is 5.91 Å². The van der Waals surface area contributed by atoms with Gasteiger partial charge in [-0.25, -0.2) is 0 Å². The van der Waals surface area contributed by atoms with Crippen LogP contribution in [-0.4, -0.2) is 66.8 Å². The number of nitrogens with one attached hydrogen (secondary N) is 2. The van der Waals surface area contributed by atoms with Crippen LogP contribution in [-0.2, 0) is 16.1 Å². The van der Waals surface area contributed by atoms with Gasteiger partial charge in [-0.05, 0) is 36.6 Å². The molecule has 1 heterocycles. The van der Waals surface area contributed by atoms with E-state index in [4.69, 9.17) is 0 Å². The maximum Gasteiger partial charge on any atom is 0.251 e. The second kappa shape index (κ2) is 10.9. The summed E-state index contributed by atoms with van der Waals surface area (Å²) in [7, 11) is 0. The fourth-order valence-corrected chi connectivity index (χ4v) is 4.09. The summed E-state index contributed by atoms with van der Waals surface area (Å²) in [5.74, 6) is 0.265. The van der Waals surface area contributed by atoms with E-state index in [1.165, 1.54) is 18.9 Å². The van der Waals surface area contributed by atoms with Gasteiger partial charge in [-0.1, -0.05) is 31.6 Å². The first-order valence-electron chi connectivity index (χ1n) is 10.9. The lowest BCUT2D eigenvalue weighted by atomic mass is 10.1. The Bertz CT molecular complexity index is 748. The molecular formula is C23H32N4O3. The van der Waals surface area contributed by atoms with Gasteiger partial charge >= 0.3 is 0 Å². The molecule has 2 fully saturated rings. The van der Waals surface area contributed by atoms with Crippen LogP contribution in [0.4, 0.5) is 0 Å². The monoisotopic (exact) mass is 412 g/mol. The third-order valence-corrected chi connectivity index (χ3v) is 5.97. The molecule has 1 saturated heterocycles. The van der Waals surface area contributed by atoms with E-state index in [9.17, 15) is 14.4 Å². The smallest absolute Gasteiger partial charge is 0.251 e. The van der Waals surface area contributed by atoms with Crippen molar-refractivity contribution < 1.29 is 14.4 Å². The standard InChI is InChI=1S/C23H32N4O3/c1-2-21(28)25-17-18-7-9-19(10-8-18)22(29)24-11-12-26-13-15-27(16-14-26)23(30)20-5-3-4-6-20/h2,7-10,20H,1,3-6,11-17H2,(H,24,29)(H,25,28). The first-order valence-corrected chi connectivity index (χ1v) is 10.9. The van der Waals surface area contributed by atoms with Crippen LogP contribution >= 0.6 is 0 Å². The molecule has 1 aliphatic carbocycles. The quantitative estimate of drug-likeness (QED) is 0.635. The maximum absolute atomic E-state index is 12.5. The Morgan fingerprint density at radius 1 is 1.00 bits per heavy atom. The van der Waals surface area contributed by atoms with Crippen molar-refractivity contribution in [3.05, 3.63) is 48.0 Å². The minimum Gasteiger partial charge on any atom is -0.351 e. The largest absolute Gasteiger partial charge is 0.351 e. The lowest BCUT2D eigenvalue weighted by molar-refractivity contribution is -0.137. The molecule has 1 aromatic rings. The van der Waals surface area contributed by atoms with Gasteiger partial charge in [0.05, 0.1) is 0 Å². The molecular weight excluding hydrogens is 380 g/mol. The number of rotatable bonds is 8. The molecule has 3 amide bonds. The third-order valence-electron chi connectivity index (χ3n) is 5.97. The molecule has 0 radical (unpaired) electrons. The van der Waals surface area contributed by atoms with E-state index in [0.717, 1.165) is 51.1 Å². The van der Waals surface area contributed by atoms with Gasteiger partial charge in [-0.2, -0.15) is 0 Å². The first kappa shape index (κ1) is 22.0. The van der Waals surface area contributed by atoms with Gasteiger partial charge in [-0.15, -0.1) is 0 Å². The molecule has 3 rings (SSSR count). The third kappa shape index (κ3) is 6.16. The van der Waals surface area contributed by atoms with E-state index in [1.807, 2.05) is 17.0 Å². The molecule has 7 nitrogen and oxygen atoms in total. The summed E-state index contributed by atoms with van der Waals surface area (Å²) in [6, 6.07) is 7.19. The van der Waals surface area contributed by atoms with Crippen molar-refractivity contribution in [3.63, 3.8) is 0 Å². The Balaban J connectivity index is 1.34. The normalized spacial score (nSPS) is 17.5. The molecule has 1 aliphatic heterocycles. The summed E-state index contributed by atoms with van der Waals surface area (Å²) < 4.78 is 0. The summed E-state index contributed by atoms with van der Waals surface area (Å²) in [5, 5.41) is 5.67. The van der Waals surface area contributed by atoms with Gasteiger partial charge in [0, 0.05) is 57.3 Å². The first-order chi connectivity index (χ1) is 14.6. The molecule has 2 N–H and O–H groups in total. The van der Waals surface area contributed by atoms with Gasteiger partial charge in [0.1, 0.15) is 0 Å². The minimum atomic E-state index is -0.222. The second-order valence-electron chi connectivity index (χ2n) is 8.02. The molecule has 1 saturated carbocycles. The van der Waals surface area contributed by atoms with E-state index in [2.05, 4.69) is 22.1 Å². The van der Waals surface area contributed by atoms with Crippen LogP contribution in [0.5, 0.6) is 0 Å². The number of carbonyl (C=O) groups excluding carboxylic acids is 3. The molecule has 0 unspecified atom stereocenters. The van der Waals surface area contributed by atoms with Crippen molar-refractivity contribution in [2.45, 2.75) is 32.2 Å². The van der Waals surface area contributed by atoms with E-state index in [0.29, 0.717) is 24.6 Å². The second-order valence-corrected chi connectivity index (χ2v) is 8.02. The predicted molar refractivity (Wildman–Crippen MR) is 116 cm³/mol. The number of hydrogen-bond acceptors (Lipinski definition) is 4. The van der Waals surface area contributed by atoms with Gasteiger partial charge in [-0.3, -0.25) is 19.3 Å². The summed E-state index contributed by atoms with van der Waals surface area (Å²) in [6.07, 6.45) is 5.70. The highest BCUT2D eigenvalue weighted by molar-refractivity contribution is 5.94. The van der Waals surface area contributed by atoms with Crippen LogP contribution < -0.4 is 10.6 Å². The predicted octanol–water partition coefficient (Wildman–Crippen LogP) is 1.55. The van der Waals surface area contributed by atoms with Crippen LogP contribution in [0.1, 0.15) is 41.6 Å². The van der Waals surface area contributed by atoms with Crippen molar-refractivity contribution in [1.82, 2.24) is 20.4 Å². The highest BCUT2D eigenvalue weighted by atomic mass is 16.2. The molecule has 1 aromatic carbocycles. The lowest BCUT2D eigenvalue weighted by Crippen LogP contribution is -2.51. The fraction of sp³-hybridized carbons (Fsp3) is 0.522. The van der Waals surface area contributed by atoms with E-state index >= 15 is 0 Å². The number of piperazine rings is 1. The zero-order valence-electron chi connectivity index (χ0n) is 17.6. The summed E-state index contributed by atoms with van der Waals surface area (Å²) >= 11 is 0. The highest BCUT2D eigenvalue weighted by Gasteiger charge is 2.29. The Labute approximate surface area is 178 Å². The van der Waals surface area contributed by atoms with Gasteiger partial charge < -0.3 is 15.5 Å². The Kier molecular flexibility index (Phi) is 8.02. The van der Waals surface area contributed by atoms with Crippen molar-refractivity contribution >= 4 is 17.7 Å². The van der Waals surface area contributed by atoms with Crippen LogP contribution in [0.3, 0.4) is 0 Å². The van der Waals surface area contributed by atoms with Crippen molar-refractivity contribution in [2.75, 3.05) is 39.3 Å². The molecule has 30 heavy (non-hydrogen) atoms. The zero-order valence-corrected chi connectivity index (χ0v) is 17.6. The maximum atomic E-state index is 12.5. The average Bonchev–Trinajstić information content (AvgIpc) is 3.32. The Morgan fingerprint density at radius 3 is 2.30 bits per heavy atom. The molecule has 7 heteroatoms. The van der Waals surface area contributed by atoms with Crippen molar-refractivity contribution in [3.8, 4) is 0 Å². The number of amides is 3. The number of benzene rings is 1. The Hall–Kier alpha value is -2.67. The highest BCUT2D eigenvalue weighted by Crippen LogP contribution is 2.26. The van der Waals surface area contributed by atoms with Gasteiger partial charge in [0.15, 0.2) is 0 Å². The summed E-state index contributed by atoms with van der Waals surface area (Å²) in [6.45, 7) is 8.47. The topological polar surface area (TPSA) is 81.8 Å². The molecule has 162 valence electrons. The van der Waals surface area contributed by atoms with E-state index in [-0.39, 0.29) is 17.7 Å². The number of hydrogen-bond donors (Lipinski definition) is 2. The average molecular weight is 413 g/mol. The fourth-order valence-electron chi connectivity index (χ4n) is 4.09. The lowest BCUT2D eigenvalue weighted by Gasteiger charge is -2.36. The van der Waals surface area contributed by atoms with Crippen LogP contribution in [0.25, 0.3) is 0 Å². The summed E-state index contributed by atoms with van der Waals surface area (Å²) in [5.41, 5.74) is 1.52. The molecule has 0 aromatic heterocycles. The zero-order chi connectivity index (χ0) is 21.3. The van der Waals surface area contributed by atoms with Crippen LogP contribution in [0.15, 0.2) is 36.9 Å². The van der Waals surface area contributed by atoms with E-state index in [1.54, 1.807) is 12.1 Å². The SMILES string of the molecule is C=CC(=O)NCc1ccc(C(=O)NCCN2CCN(C(=O)C3CCCC3)CC2)cc1. The molecule has 0 spiro atoms. The summed E-state index contributed by atoms with van der Waals surface area (Å²) in [4.78, 5) is 40.4. The molecule has 0 atom stereocenters.